The summed E-state index contributed by atoms with van der Waals surface area (Å²) < 4.78 is 1.88. The Balaban J connectivity index is 2.34. The first-order chi connectivity index (χ1) is 7.58. The van der Waals surface area contributed by atoms with Crippen LogP contribution in [0.25, 0.3) is 11.2 Å². The van der Waals surface area contributed by atoms with Crippen LogP contribution in [0.2, 0.25) is 0 Å². The molecule has 0 aromatic carbocycles. The summed E-state index contributed by atoms with van der Waals surface area (Å²) in [6.07, 6.45) is 3.46. The van der Waals surface area contributed by atoms with Crippen molar-refractivity contribution < 1.29 is 0 Å². The van der Waals surface area contributed by atoms with Gasteiger partial charge in [0, 0.05) is 26.7 Å². The summed E-state index contributed by atoms with van der Waals surface area (Å²) in [5.74, 6) is 0.674. The van der Waals surface area contributed by atoms with E-state index in [0.717, 1.165) is 17.7 Å². The van der Waals surface area contributed by atoms with Gasteiger partial charge in [-0.05, 0) is 6.92 Å². The first-order valence-electron chi connectivity index (χ1n) is 5.18. The zero-order valence-electron chi connectivity index (χ0n) is 9.75. The lowest BCUT2D eigenvalue weighted by Crippen LogP contribution is -2.33. The Morgan fingerprint density at radius 1 is 1.50 bits per heavy atom. The van der Waals surface area contributed by atoms with E-state index in [-0.39, 0.29) is 6.04 Å². The van der Waals surface area contributed by atoms with Crippen LogP contribution in [0.3, 0.4) is 0 Å². The number of nitrogens with zero attached hydrogens (tertiary/aromatic N) is 5. The topological polar surface area (TPSA) is 72.9 Å². The van der Waals surface area contributed by atoms with Crippen LogP contribution >= 0.6 is 0 Å². The molecule has 86 valence electrons. The first-order valence-corrected chi connectivity index (χ1v) is 5.18. The van der Waals surface area contributed by atoms with E-state index in [4.69, 9.17) is 5.73 Å². The SMILES string of the molecule is CC(N)CN(C)c1ncc2ncn(C)c2n1. The van der Waals surface area contributed by atoms with E-state index in [1.807, 2.05) is 30.5 Å². The molecule has 6 heteroatoms. The maximum atomic E-state index is 5.74. The van der Waals surface area contributed by atoms with Crippen molar-refractivity contribution in [3.63, 3.8) is 0 Å². The molecule has 0 fully saturated rings. The van der Waals surface area contributed by atoms with Crippen LogP contribution in [0.5, 0.6) is 0 Å². The molecule has 2 aromatic rings. The number of aryl methyl sites for hydroxylation is 1. The summed E-state index contributed by atoms with van der Waals surface area (Å²) >= 11 is 0. The highest BCUT2D eigenvalue weighted by Gasteiger charge is 2.09. The van der Waals surface area contributed by atoms with Gasteiger partial charge in [-0.2, -0.15) is 4.98 Å². The van der Waals surface area contributed by atoms with Gasteiger partial charge in [-0.3, -0.25) is 0 Å². The summed E-state index contributed by atoms with van der Waals surface area (Å²) in [6.45, 7) is 2.68. The molecule has 0 saturated carbocycles. The molecule has 0 aliphatic carbocycles. The van der Waals surface area contributed by atoms with Gasteiger partial charge in [0.25, 0.3) is 0 Å². The Morgan fingerprint density at radius 3 is 2.94 bits per heavy atom. The van der Waals surface area contributed by atoms with E-state index in [9.17, 15) is 0 Å². The lowest BCUT2D eigenvalue weighted by Gasteiger charge is -2.18. The third-order valence-electron chi connectivity index (χ3n) is 2.34. The smallest absolute Gasteiger partial charge is 0.227 e. The van der Waals surface area contributed by atoms with Crippen LogP contribution in [0, 0.1) is 0 Å². The van der Waals surface area contributed by atoms with E-state index >= 15 is 0 Å². The fourth-order valence-corrected chi connectivity index (χ4v) is 1.61. The fraction of sp³-hybridized carbons (Fsp3) is 0.500. The molecule has 1 unspecified atom stereocenters. The number of nitrogens with two attached hydrogens (primary N) is 1. The highest BCUT2D eigenvalue weighted by atomic mass is 15.3. The van der Waals surface area contributed by atoms with E-state index < -0.39 is 0 Å². The lowest BCUT2D eigenvalue weighted by molar-refractivity contribution is 0.705. The van der Waals surface area contributed by atoms with Gasteiger partial charge < -0.3 is 15.2 Å². The molecule has 1 atom stereocenters. The number of rotatable bonds is 3. The molecular formula is C10H16N6. The van der Waals surface area contributed by atoms with Crippen molar-refractivity contribution >= 4 is 17.1 Å². The van der Waals surface area contributed by atoms with Gasteiger partial charge in [0.1, 0.15) is 5.52 Å². The van der Waals surface area contributed by atoms with E-state index in [1.165, 1.54) is 0 Å². The van der Waals surface area contributed by atoms with Crippen molar-refractivity contribution in [1.82, 2.24) is 19.5 Å². The van der Waals surface area contributed by atoms with Gasteiger partial charge in [-0.1, -0.05) is 0 Å². The first kappa shape index (κ1) is 10.8. The molecular weight excluding hydrogens is 204 g/mol. The van der Waals surface area contributed by atoms with Crippen LogP contribution in [0.15, 0.2) is 12.5 Å². The second-order valence-corrected chi connectivity index (χ2v) is 4.09. The van der Waals surface area contributed by atoms with Gasteiger partial charge in [0.05, 0.1) is 12.5 Å². The van der Waals surface area contributed by atoms with Crippen molar-refractivity contribution in [3.05, 3.63) is 12.5 Å². The van der Waals surface area contributed by atoms with Crippen molar-refractivity contribution in [1.29, 1.82) is 0 Å². The summed E-state index contributed by atoms with van der Waals surface area (Å²) in [4.78, 5) is 14.8. The van der Waals surface area contributed by atoms with Crippen LogP contribution in [-0.2, 0) is 7.05 Å². The zero-order chi connectivity index (χ0) is 11.7. The third kappa shape index (κ3) is 1.96. The molecule has 0 bridgehead atoms. The number of anilines is 1. The Morgan fingerprint density at radius 2 is 2.25 bits per heavy atom. The van der Waals surface area contributed by atoms with Crippen molar-refractivity contribution in [2.75, 3.05) is 18.5 Å². The standard InChI is InChI=1S/C10H16N6/c1-7(11)5-15(2)10-12-4-8-9(14-10)16(3)6-13-8/h4,6-7H,5,11H2,1-3H3. The third-order valence-corrected chi connectivity index (χ3v) is 2.34. The number of aromatic nitrogens is 4. The molecule has 2 N–H and O–H groups in total. The Bertz CT molecular complexity index is 489. The zero-order valence-corrected chi connectivity index (χ0v) is 9.75. The van der Waals surface area contributed by atoms with Crippen LogP contribution in [-0.4, -0.2) is 39.2 Å². The van der Waals surface area contributed by atoms with Gasteiger partial charge in [0.2, 0.25) is 5.95 Å². The minimum Gasteiger partial charge on any atom is -0.342 e. The molecule has 2 heterocycles. The summed E-state index contributed by atoms with van der Waals surface area (Å²) in [6, 6.07) is 0.0934. The molecule has 6 nitrogen and oxygen atoms in total. The largest absolute Gasteiger partial charge is 0.342 e. The number of imidazole rings is 1. The second kappa shape index (κ2) is 4.05. The van der Waals surface area contributed by atoms with Crippen LogP contribution in [0.1, 0.15) is 6.92 Å². The highest BCUT2D eigenvalue weighted by Crippen LogP contribution is 2.12. The number of fused-ring (bicyclic) bond motifs is 1. The summed E-state index contributed by atoms with van der Waals surface area (Å²) in [5.41, 5.74) is 7.38. The lowest BCUT2D eigenvalue weighted by atomic mass is 10.3. The van der Waals surface area contributed by atoms with Crippen molar-refractivity contribution in [3.8, 4) is 0 Å². The molecule has 0 aliphatic heterocycles. The van der Waals surface area contributed by atoms with Gasteiger partial charge in [0.15, 0.2) is 5.65 Å². The fourth-order valence-electron chi connectivity index (χ4n) is 1.61. The van der Waals surface area contributed by atoms with Crippen LogP contribution < -0.4 is 10.6 Å². The van der Waals surface area contributed by atoms with Crippen LogP contribution in [0.4, 0.5) is 5.95 Å². The predicted molar refractivity (Wildman–Crippen MR) is 63.2 cm³/mol. The maximum absolute atomic E-state index is 5.74. The molecule has 0 amide bonds. The number of hydrogen-bond acceptors (Lipinski definition) is 5. The van der Waals surface area contributed by atoms with Crippen molar-refractivity contribution in [2.24, 2.45) is 12.8 Å². The van der Waals surface area contributed by atoms with Gasteiger partial charge in [-0.15, -0.1) is 0 Å². The van der Waals surface area contributed by atoms with E-state index in [2.05, 4.69) is 15.0 Å². The quantitative estimate of drug-likeness (QED) is 0.797. The summed E-state index contributed by atoms with van der Waals surface area (Å²) in [7, 11) is 3.85. The molecule has 16 heavy (non-hydrogen) atoms. The van der Waals surface area contributed by atoms with Crippen molar-refractivity contribution in [2.45, 2.75) is 13.0 Å². The number of likely N-dealkylation sites (N-methyl/N-ethyl adjacent to an activating group) is 1. The molecule has 2 rings (SSSR count). The molecule has 0 radical (unpaired) electrons. The highest BCUT2D eigenvalue weighted by molar-refractivity contribution is 5.70. The van der Waals surface area contributed by atoms with E-state index in [0.29, 0.717) is 5.95 Å². The average molecular weight is 220 g/mol. The number of hydrogen-bond donors (Lipinski definition) is 1. The monoisotopic (exact) mass is 220 g/mol. The Labute approximate surface area is 94.1 Å². The minimum atomic E-state index is 0.0934. The molecule has 0 aliphatic rings. The second-order valence-electron chi connectivity index (χ2n) is 4.09. The van der Waals surface area contributed by atoms with E-state index in [1.54, 1.807) is 12.5 Å². The normalized spacial score (nSPS) is 13.0. The Kier molecular flexibility index (Phi) is 2.74. The molecule has 0 saturated heterocycles. The molecule has 0 spiro atoms. The minimum absolute atomic E-state index is 0.0934. The average Bonchev–Trinajstić information content (AvgIpc) is 2.59. The van der Waals surface area contributed by atoms with Gasteiger partial charge >= 0.3 is 0 Å². The molecule has 2 aromatic heterocycles. The predicted octanol–water partition coefficient (Wildman–Crippen LogP) is 0.147. The maximum Gasteiger partial charge on any atom is 0.227 e. The Hall–Kier alpha value is -1.69. The van der Waals surface area contributed by atoms with Gasteiger partial charge in [-0.25, -0.2) is 9.97 Å². The summed E-state index contributed by atoms with van der Waals surface area (Å²) in [5, 5.41) is 0.